The fourth-order valence-electron chi connectivity index (χ4n) is 3.05. The van der Waals surface area contributed by atoms with E-state index in [1.54, 1.807) is 19.2 Å². The Labute approximate surface area is 169 Å². The number of hydrogen-bond donors (Lipinski definition) is 0. The molecular weight excluding hydrogens is 375 g/mol. The largest absolute Gasteiger partial charge is 1.00 e. The number of nitrogens with zero attached hydrogens (tertiary/aromatic N) is 2. The second-order valence-electron chi connectivity index (χ2n) is 6.28. The van der Waals surface area contributed by atoms with Crippen molar-refractivity contribution in [3.8, 4) is 5.75 Å². The minimum atomic E-state index is -0.228. The smallest absolute Gasteiger partial charge is 0.134 e. The number of ether oxygens (including phenoxy) is 1. The summed E-state index contributed by atoms with van der Waals surface area (Å²) >= 11 is 0. The Morgan fingerprint density at radius 2 is 1.64 bits per heavy atom. The van der Waals surface area contributed by atoms with Crippen LogP contribution in [-0.2, 0) is 6.54 Å². The maximum Gasteiger partial charge on any atom is 0.134 e. The Morgan fingerprint density at radius 1 is 0.929 bits per heavy atom. The van der Waals surface area contributed by atoms with E-state index in [9.17, 15) is 4.39 Å². The van der Waals surface area contributed by atoms with Crippen LogP contribution >= 0.6 is 0 Å². The van der Waals surface area contributed by atoms with Crippen molar-refractivity contribution in [2.24, 2.45) is 0 Å². The molecule has 0 saturated heterocycles. The molecule has 3 aromatic carbocycles. The maximum absolute atomic E-state index is 13.2. The summed E-state index contributed by atoms with van der Waals surface area (Å²) in [6, 6.07) is 22.5. The van der Waals surface area contributed by atoms with E-state index in [0.29, 0.717) is 6.54 Å². The van der Waals surface area contributed by atoms with E-state index in [4.69, 9.17) is 9.72 Å². The first-order chi connectivity index (χ1) is 13.2. The first-order valence-electron chi connectivity index (χ1n) is 8.75. The molecule has 0 unspecified atom stereocenters. The molecule has 0 aliphatic rings. The van der Waals surface area contributed by atoms with Crippen LogP contribution in [0.3, 0.4) is 0 Å². The van der Waals surface area contributed by atoms with Crippen molar-refractivity contribution in [3.05, 3.63) is 95.6 Å². The molecule has 0 saturated carbocycles. The van der Waals surface area contributed by atoms with E-state index in [1.807, 2.05) is 54.6 Å². The molecule has 0 radical (unpaired) electrons. The van der Waals surface area contributed by atoms with Crippen LogP contribution in [0.2, 0.25) is 0 Å². The minimum absolute atomic E-state index is 0. The molecule has 0 N–H and O–H groups in total. The average Bonchev–Trinajstić information content (AvgIpc) is 3.06. The molecule has 0 amide bonds. The SMILES string of the molecule is COc1ccc(/C=C/c2nc3ccccc3n2Cc2ccc(F)cc2)cc1.[Cl-]. The lowest BCUT2D eigenvalue weighted by molar-refractivity contribution is -0.00000626. The number of rotatable bonds is 5. The van der Waals surface area contributed by atoms with Crippen molar-refractivity contribution in [1.82, 2.24) is 9.55 Å². The molecule has 0 bridgehead atoms. The van der Waals surface area contributed by atoms with Gasteiger partial charge in [0.2, 0.25) is 0 Å². The van der Waals surface area contributed by atoms with Gasteiger partial charge in [-0.25, -0.2) is 9.37 Å². The van der Waals surface area contributed by atoms with Crippen molar-refractivity contribution >= 4 is 23.2 Å². The third-order valence-electron chi connectivity index (χ3n) is 4.48. The van der Waals surface area contributed by atoms with Gasteiger partial charge in [0.25, 0.3) is 0 Å². The number of aromatic nitrogens is 2. The van der Waals surface area contributed by atoms with Gasteiger partial charge in [-0.15, -0.1) is 0 Å². The highest BCUT2D eigenvalue weighted by atomic mass is 35.5. The summed E-state index contributed by atoms with van der Waals surface area (Å²) in [4.78, 5) is 4.75. The lowest BCUT2D eigenvalue weighted by Gasteiger charge is -2.07. The fourth-order valence-corrected chi connectivity index (χ4v) is 3.05. The number of methoxy groups -OCH3 is 1. The highest BCUT2D eigenvalue weighted by Crippen LogP contribution is 2.20. The topological polar surface area (TPSA) is 27.1 Å². The van der Waals surface area contributed by atoms with Crippen molar-refractivity contribution in [2.75, 3.05) is 7.11 Å². The van der Waals surface area contributed by atoms with Crippen LogP contribution in [0, 0.1) is 5.82 Å². The quantitative estimate of drug-likeness (QED) is 0.520. The zero-order valence-electron chi connectivity index (χ0n) is 15.3. The Bertz CT molecular complexity index is 1090. The van der Waals surface area contributed by atoms with Crippen molar-refractivity contribution < 1.29 is 21.5 Å². The third kappa shape index (κ3) is 4.24. The van der Waals surface area contributed by atoms with E-state index < -0.39 is 0 Å². The standard InChI is InChI=1S/C23H19FN2O.ClH/c1-27-20-13-8-17(9-14-20)10-15-23-25-21-4-2-3-5-22(21)26(23)16-18-6-11-19(24)12-7-18;/h2-15H,16H2,1H3;1H/p-1/b15-10+;. The molecule has 0 aliphatic carbocycles. The summed E-state index contributed by atoms with van der Waals surface area (Å²) in [6.45, 7) is 0.628. The Kier molecular flexibility index (Phi) is 6.12. The summed E-state index contributed by atoms with van der Waals surface area (Å²) in [5.74, 6) is 1.46. The van der Waals surface area contributed by atoms with Gasteiger partial charge in [-0.05, 0) is 53.6 Å². The van der Waals surface area contributed by atoms with Gasteiger partial charge in [0.05, 0.1) is 18.1 Å². The molecule has 0 fully saturated rings. The molecule has 4 rings (SSSR count). The Morgan fingerprint density at radius 3 is 2.36 bits per heavy atom. The van der Waals surface area contributed by atoms with Gasteiger partial charge in [0.1, 0.15) is 17.4 Å². The van der Waals surface area contributed by atoms with E-state index in [0.717, 1.165) is 33.7 Å². The van der Waals surface area contributed by atoms with E-state index in [1.165, 1.54) is 12.1 Å². The van der Waals surface area contributed by atoms with Crippen molar-refractivity contribution in [1.29, 1.82) is 0 Å². The summed E-state index contributed by atoms with van der Waals surface area (Å²) in [6.07, 6.45) is 4.03. The summed E-state index contributed by atoms with van der Waals surface area (Å²) in [5.41, 5.74) is 4.08. The van der Waals surface area contributed by atoms with Crippen LogP contribution in [0.5, 0.6) is 5.75 Å². The van der Waals surface area contributed by atoms with Gasteiger partial charge in [0.15, 0.2) is 0 Å². The fraction of sp³-hybridized carbons (Fsp3) is 0.0870. The molecular formula is C23H19ClFN2O-. The van der Waals surface area contributed by atoms with Gasteiger partial charge >= 0.3 is 0 Å². The molecule has 28 heavy (non-hydrogen) atoms. The molecule has 0 aliphatic heterocycles. The van der Waals surface area contributed by atoms with Crippen LogP contribution in [0.4, 0.5) is 4.39 Å². The van der Waals surface area contributed by atoms with Crippen LogP contribution in [-0.4, -0.2) is 16.7 Å². The zero-order chi connectivity index (χ0) is 18.6. The molecule has 3 nitrogen and oxygen atoms in total. The van der Waals surface area contributed by atoms with Gasteiger partial charge in [-0.1, -0.05) is 42.5 Å². The minimum Gasteiger partial charge on any atom is -1.00 e. The highest BCUT2D eigenvalue weighted by Gasteiger charge is 2.09. The Balaban J connectivity index is 0.00000225. The molecule has 0 spiro atoms. The van der Waals surface area contributed by atoms with E-state index in [2.05, 4.69) is 10.6 Å². The predicted octanol–water partition coefficient (Wildman–Crippen LogP) is 2.41. The number of halogens is 2. The van der Waals surface area contributed by atoms with Crippen LogP contribution in [0.1, 0.15) is 17.0 Å². The highest BCUT2D eigenvalue weighted by molar-refractivity contribution is 5.80. The van der Waals surface area contributed by atoms with Crippen LogP contribution in [0.25, 0.3) is 23.2 Å². The van der Waals surface area contributed by atoms with Crippen LogP contribution < -0.4 is 17.1 Å². The van der Waals surface area contributed by atoms with Crippen molar-refractivity contribution in [2.45, 2.75) is 6.54 Å². The van der Waals surface area contributed by atoms with Crippen LogP contribution in [0.15, 0.2) is 72.8 Å². The lowest BCUT2D eigenvalue weighted by Crippen LogP contribution is -3.00. The van der Waals surface area contributed by atoms with Crippen molar-refractivity contribution in [3.63, 3.8) is 0 Å². The second kappa shape index (κ2) is 8.72. The molecule has 4 aromatic rings. The second-order valence-corrected chi connectivity index (χ2v) is 6.28. The zero-order valence-corrected chi connectivity index (χ0v) is 16.1. The number of benzene rings is 3. The number of para-hydroxylation sites is 2. The summed E-state index contributed by atoms with van der Waals surface area (Å²) < 4.78 is 20.6. The monoisotopic (exact) mass is 393 g/mol. The average molecular weight is 394 g/mol. The number of fused-ring (bicyclic) bond motifs is 1. The predicted molar refractivity (Wildman–Crippen MR) is 107 cm³/mol. The van der Waals surface area contributed by atoms with Gasteiger partial charge < -0.3 is 21.7 Å². The van der Waals surface area contributed by atoms with Gasteiger partial charge in [-0.2, -0.15) is 0 Å². The molecule has 1 aromatic heterocycles. The first kappa shape index (κ1) is 19.6. The van der Waals surface area contributed by atoms with Gasteiger partial charge in [0, 0.05) is 6.54 Å². The number of imidazole rings is 1. The first-order valence-corrected chi connectivity index (χ1v) is 8.75. The Hall–Kier alpha value is -3.11. The summed E-state index contributed by atoms with van der Waals surface area (Å²) in [5, 5.41) is 0. The lowest BCUT2D eigenvalue weighted by atomic mass is 10.2. The molecule has 1 heterocycles. The van der Waals surface area contributed by atoms with Gasteiger partial charge in [-0.3, -0.25) is 0 Å². The normalized spacial score (nSPS) is 10.9. The maximum atomic E-state index is 13.2. The molecule has 142 valence electrons. The molecule has 5 heteroatoms. The van der Waals surface area contributed by atoms with E-state index >= 15 is 0 Å². The number of hydrogen-bond acceptors (Lipinski definition) is 2. The third-order valence-corrected chi connectivity index (χ3v) is 4.48. The summed E-state index contributed by atoms with van der Waals surface area (Å²) in [7, 11) is 1.66. The van der Waals surface area contributed by atoms with E-state index in [-0.39, 0.29) is 18.2 Å². The molecule has 0 atom stereocenters.